The largest absolute Gasteiger partial charge is 0.507 e. The van der Waals surface area contributed by atoms with Crippen molar-refractivity contribution < 1.29 is 53.1 Å². The van der Waals surface area contributed by atoms with Crippen LogP contribution in [0.1, 0.15) is 96.1 Å². The fraction of sp³-hybridized carbons (Fsp3) is 0.273. The van der Waals surface area contributed by atoms with E-state index in [-0.39, 0.29) is 46.0 Å². The maximum atomic E-state index is 13.4. The van der Waals surface area contributed by atoms with Gasteiger partial charge in [0.25, 0.3) is 29.3 Å². The van der Waals surface area contributed by atoms with Gasteiger partial charge in [-0.15, -0.1) is 0 Å². The number of ketones is 2. The average molecular weight is 958 g/mol. The third kappa shape index (κ3) is 9.52. The van der Waals surface area contributed by atoms with Crippen molar-refractivity contribution in [3.05, 3.63) is 155 Å². The summed E-state index contributed by atoms with van der Waals surface area (Å²) in [4.78, 5) is 79.4. The molecular formula is C55H51N5O11. The highest BCUT2D eigenvalue weighted by atomic mass is 16.5. The van der Waals surface area contributed by atoms with Crippen LogP contribution in [0.2, 0.25) is 0 Å². The molecule has 2 aliphatic heterocycles. The van der Waals surface area contributed by atoms with Crippen molar-refractivity contribution in [2.75, 3.05) is 16.8 Å². The van der Waals surface area contributed by atoms with Gasteiger partial charge in [0.15, 0.2) is 0 Å². The summed E-state index contributed by atoms with van der Waals surface area (Å²) in [5.74, 6) is -4.53. The first-order chi connectivity index (χ1) is 34.4. The van der Waals surface area contributed by atoms with Gasteiger partial charge in [-0.1, -0.05) is 97.4 Å². The topological polar surface area (TPSA) is 234 Å². The fourth-order valence-corrected chi connectivity index (χ4v) is 10.4. The lowest BCUT2D eigenvalue weighted by atomic mass is 9.80. The number of hydrogen-bond donors (Lipinski definition) is 4. The minimum atomic E-state index is -1.09. The second-order valence-corrected chi connectivity index (χ2v) is 18.1. The maximum Gasteiger partial charge on any atom is 0.335 e. The summed E-state index contributed by atoms with van der Waals surface area (Å²) in [5, 5.41) is 42.1. The molecule has 0 radical (unpaired) electrons. The summed E-state index contributed by atoms with van der Waals surface area (Å²) >= 11 is 0. The SMILES string of the molecule is CNC(=O)c1ccc(C(O)=C2C(=O)C(=O)N(c3ccc(-c4ccon4)cc3)C2C2CCCCC2)cc1.O=C1C(=O)N(c2ccc(-c3ccon3)cc2)C(C2CCCCC2)C1=C(O)c1ccc(C(=O)O)cc1. The van der Waals surface area contributed by atoms with Gasteiger partial charge in [-0.05, 0) is 86.1 Å². The van der Waals surface area contributed by atoms with E-state index in [1.165, 1.54) is 46.6 Å². The van der Waals surface area contributed by atoms with Gasteiger partial charge in [0, 0.05) is 58.4 Å². The van der Waals surface area contributed by atoms with Gasteiger partial charge in [-0.2, -0.15) is 0 Å². The number of anilines is 2. The molecule has 2 aliphatic carbocycles. The van der Waals surface area contributed by atoms with Crippen LogP contribution in [0.25, 0.3) is 34.0 Å². The molecule has 2 atom stereocenters. The van der Waals surface area contributed by atoms with Crippen molar-refractivity contribution in [3.8, 4) is 22.5 Å². The van der Waals surface area contributed by atoms with E-state index in [9.17, 15) is 39.0 Å². The molecule has 4 fully saturated rings. The fourth-order valence-electron chi connectivity index (χ4n) is 10.4. The molecule has 2 saturated heterocycles. The van der Waals surface area contributed by atoms with E-state index in [2.05, 4.69) is 15.6 Å². The number of hydrogen-bond acceptors (Lipinski definition) is 12. The van der Waals surface area contributed by atoms with E-state index in [1.807, 2.05) is 24.3 Å². The number of nitrogens with one attached hydrogen (secondary N) is 1. The molecule has 4 N–H and O–H groups in total. The molecule has 0 spiro atoms. The molecule has 71 heavy (non-hydrogen) atoms. The second kappa shape index (κ2) is 20.7. The van der Waals surface area contributed by atoms with Crippen LogP contribution in [0.15, 0.2) is 142 Å². The molecule has 4 aliphatic rings. The zero-order valence-electron chi connectivity index (χ0n) is 38.8. The number of aromatic carboxylic acids is 1. The third-order valence-electron chi connectivity index (χ3n) is 14.0. The van der Waals surface area contributed by atoms with Gasteiger partial charge < -0.3 is 29.7 Å². The molecule has 16 nitrogen and oxygen atoms in total. The number of carbonyl (C=O) groups is 6. The van der Waals surface area contributed by atoms with E-state index < -0.39 is 41.4 Å². The number of benzene rings is 4. The summed E-state index contributed by atoms with van der Waals surface area (Å²) in [6, 6.07) is 28.7. The standard InChI is InChI=1S/C28H27N3O5.C27H24N2O6/c1-29-27(34)20-9-7-19(8-10-20)25(32)23-24(18-5-3-2-4-6-18)31(28(35)26(23)33)21-13-11-17(12-14-21)22-15-16-36-30-22;30-24(18-6-8-19(9-7-18)27(33)34)22-23(17-4-2-1-3-5-17)29(26(32)25(22)31)20-12-10-16(11-13-20)21-14-15-35-28-21/h7-16,18,24,32H,2-6H2,1H3,(H,29,34);6-15,17,23,30H,1-5H2,(H,33,34). The van der Waals surface area contributed by atoms with Gasteiger partial charge in [-0.3, -0.25) is 33.8 Å². The van der Waals surface area contributed by atoms with E-state index in [0.29, 0.717) is 39.5 Å². The second-order valence-electron chi connectivity index (χ2n) is 18.1. The van der Waals surface area contributed by atoms with Crippen molar-refractivity contribution in [2.45, 2.75) is 76.3 Å². The molecule has 3 amide bonds. The molecule has 16 heteroatoms. The Morgan fingerprint density at radius 1 is 0.507 bits per heavy atom. The van der Waals surface area contributed by atoms with E-state index in [0.717, 1.165) is 75.3 Å². The molecule has 362 valence electrons. The number of rotatable bonds is 10. The minimum Gasteiger partial charge on any atom is -0.507 e. The molecule has 4 heterocycles. The predicted molar refractivity (Wildman–Crippen MR) is 262 cm³/mol. The Labute approximate surface area is 408 Å². The van der Waals surface area contributed by atoms with Crippen LogP contribution in [-0.4, -0.2) is 80.0 Å². The highest BCUT2D eigenvalue weighted by Crippen LogP contribution is 2.43. The number of carbonyl (C=O) groups excluding carboxylic acids is 5. The summed E-state index contributed by atoms with van der Waals surface area (Å²) in [6.45, 7) is 0. The van der Waals surface area contributed by atoms with Crippen molar-refractivity contribution in [1.82, 2.24) is 15.6 Å². The summed E-state index contributed by atoms with van der Waals surface area (Å²) in [6.07, 6.45) is 12.6. The number of amides is 3. The van der Waals surface area contributed by atoms with Crippen molar-refractivity contribution in [1.29, 1.82) is 0 Å². The number of aliphatic hydroxyl groups excluding tert-OH is 2. The van der Waals surface area contributed by atoms with Gasteiger partial charge >= 0.3 is 5.97 Å². The van der Waals surface area contributed by atoms with Crippen molar-refractivity contribution in [3.63, 3.8) is 0 Å². The molecule has 10 rings (SSSR count). The quantitative estimate of drug-likeness (QED) is 0.0570. The van der Waals surface area contributed by atoms with E-state index >= 15 is 0 Å². The van der Waals surface area contributed by atoms with Crippen LogP contribution < -0.4 is 15.1 Å². The van der Waals surface area contributed by atoms with E-state index in [1.54, 1.807) is 67.7 Å². The highest BCUT2D eigenvalue weighted by Gasteiger charge is 2.51. The Morgan fingerprint density at radius 3 is 1.21 bits per heavy atom. The lowest BCUT2D eigenvalue weighted by molar-refractivity contribution is -0.132. The molecule has 2 unspecified atom stereocenters. The van der Waals surface area contributed by atoms with Crippen LogP contribution in [0.5, 0.6) is 0 Å². The van der Waals surface area contributed by atoms with Crippen LogP contribution in [0, 0.1) is 11.8 Å². The van der Waals surface area contributed by atoms with Gasteiger partial charge in [-0.25, -0.2) is 4.79 Å². The van der Waals surface area contributed by atoms with Crippen LogP contribution in [-0.2, 0) is 19.2 Å². The Hall–Kier alpha value is -8.40. The average Bonchev–Trinajstić information content (AvgIpc) is 4.25. The molecular weight excluding hydrogens is 907 g/mol. The lowest BCUT2D eigenvalue weighted by Crippen LogP contribution is -2.40. The molecule has 2 aromatic heterocycles. The first-order valence-corrected chi connectivity index (χ1v) is 23.7. The number of carboxylic acids is 1. The summed E-state index contributed by atoms with van der Waals surface area (Å²) in [5.41, 5.74) is 5.53. The Balaban J connectivity index is 0.000000176. The molecule has 6 aromatic rings. The summed E-state index contributed by atoms with van der Waals surface area (Å²) in [7, 11) is 1.54. The first kappa shape index (κ1) is 47.7. The Morgan fingerprint density at radius 2 is 0.873 bits per heavy atom. The normalized spacial score (nSPS) is 20.2. The number of carboxylic acid groups (broad SMARTS) is 1. The summed E-state index contributed by atoms with van der Waals surface area (Å²) < 4.78 is 9.82. The zero-order chi connectivity index (χ0) is 49.8. The predicted octanol–water partition coefficient (Wildman–Crippen LogP) is 9.41. The highest BCUT2D eigenvalue weighted by molar-refractivity contribution is 6.52. The van der Waals surface area contributed by atoms with Crippen LogP contribution in [0.4, 0.5) is 11.4 Å². The van der Waals surface area contributed by atoms with Crippen LogP contribution in [0.3, 0.4) is 0 Å². The van der Waals surface area contributed by atoms with Crippen LogP contribution >= 0.6 is 0 Å². The number of aromatic nitrogens is 2. The van der Waals surface area contributed by atoms with E-state index in [4.69, 9.17) is 14.2 Å². The Kier molecular flexibility index (Phi) is 13.9. The molecule has 2 saturated carbocycles. The van der Waals surface area contributed by atoms with Gasteiger partial charge in [0.2, 0.25) is 0 Å². The van der Waals surface area contributed by atoms with Gasteiger partial charge in [0.1, 0.15) is 35.4 Å². The lowest BCUT2D eigenvalue weighted by Gasteiger charge is -2.34. The third-order valence-corrected chi connectivity index (χ3v) is 14.0. The zero-order valence-corrected chi connectivity index (χ0v) is 38.8. The molecule has 4 aromatic carbocycles. The Bertz CT molecular complexity index is 3000. The van der Waals surface area contributed by atoms with Crippen molar-refractivity contribution in [2.24, 2.45) is 11.8 Å². The first-order valence-electron chi connectivity index (χ1n) is 23.7. The minimum absolute atomic E-state index is 0.0183. The van der Waals surface area contributed by atoms with Crippen molar-refractivity contribution >= 4 is 58.2 Å². The maximum absolute atomic E-state index is 13.4. The monoisotopic (exact) mass is 957 g/mol. The smallest absolute Gasteiger partial charge is 0.335 e. The number of nitrogens with zero attached hydrogens (tertiary/aromatic N) is 4. The number of aliphatic hydroxyl groups is 2. The number of Topliss-reactive ketones (excluding diaryl/α,β-unsaturated/α-hetero) is 2. The van der Waals surface area contributed by atoms with Gasteiger partial charge in [0.05, 0.1) is 28.8 Å². The molecule has 0 bridgehead atoms.